The zero-order valence-electron chi connectivity index (χ0n) is 24.7. The second kappa shape index (κ2) is 15.0. The predicted molar refractivity (Wildman–Crippen MR) is 165 cm³/mol. The fourth-order valence-corrected chi connectivity index (χ4v) is 5.03. The zero-order valence-corrected chi connectivity index (χ0v) is 24.7. The summed E-state index contributed by atoms with van der Waals surface area (Å²) in [4.78, 5) is 62.5. The van der Waals surface area contributed by atoms with E-state index in [0.29, 0.717) is 12.1 Å². The number of aromatic amines is 2. The third kappa shape index (κ3) is 8.77. The number of nitrogens with two attached hydrogens (primary N) is 1. The Labute approximate surface area is 255 Å². The molecule has 4 aromatic rings. The van der Waals surface area contributed by atoms with Crippen LogP contribution in [0, 0.1) is 5.92 Å². The largest absolute Gasteiger partial charge is 0.480 e. The van der Waals surface area contributed by atoms with Crippen molar-refractivity contribution in [2.45, 2.75) is 63.7 Å². The number of benzene rings is 2. The Bertz CT molecular complexity index is 1550. The number of H-pyrrole nitrogens is 2. The van der Waals surface area contributed by atoms with Gasteiger partial charge in [-0.05, 0) is 29.5 Å². The molecule has 2 aromatic heterocycles. The number of imidazole rings is 1. The van der Waals surface area contributed by atoms with Crippen molar-refractivity contribution in [1.29, 1.82) is 0 Å². The standard InChI is InChI=1S/C32H39N7O5/c1-19(2)12-26(37-29(40)24(33)15-22-17-34-18-36-22)30(41)38-27(14-21-16-35-25-11-7-6-10-23(21)25)31(42)39-28(32(43)44)13-20-8-4-3-5-9-20/h3-11,16-19,24,26-28,35H,12-15,33H2,1-2H3,(H,34,36)(H,37,40)(H,38,41)(H,39,42)(H,43,44). The van der Waals surface area contributed by atoms with Gasteiger partial charge in [0.25, 0.3) is 0 Å². The van der Waals surface area contributed by atoms with Crippen molar-refractivity contribution >= 4 is 34.6 Å². The summed E-state index contributed by atoms with van der Waals surface area (Å²) in [7, 11) is 0. The highest BCUT2D eigenvalue weighted by Gasteiger charge is 2.31. The van der Waals surface area contributed by atoms with Crippen molar-refractivity contribution in [2.75, 3.05) is 0 Å². The van der Waals surface area contributed by atoms with Crippen LogP contribution in [0.15, 0.2) is 73.3 Å². The first kappa shape index (κ1) is 32.0. The van der Waals surface area contributed by atoms with E-state index in [1.165, 1.54) is 6.33 Å². The van der Waals surface area contributed by atoms with Crippen LogP contribution in [0.5, 0.6) is 0 Å². The lowest BCUT2D eigenvalue weighted by atomic mass is 9.99. The zero-order chi connectivity index (χ0) is 31.6. The van der Waals surface area contributed by atoms with Gasteiger partial charge in [0, 0.05) is 48.3 Å². The highest BCUT2D eigenvalue weighted by atomic mass is 16.4. The van der Waals surface area contributed by atoms with Gasteiger partial charge in [0.1, 0.15) is 18.1 Å². The van der Waals surface area contributed by atoms with Gasteiger partial charge in [0.2, 0.25) is 17.7 Å². The number of para-hydroxylation sites is 1. The Morgan fingerprint density at radius 1 is 0.818 bits per heavy atom. The molecule has 4 rings (SSSR count). The van der Waals surface area contributed by atoms with E-state index in [9.17, 15) is 24.3 Å². The molecule has 232 valence electrons. The number of fused-ring (bicyclic) bond motifs is 1. The van der Waals surface area contributed by atoms with Crippen LogP contribution in [0.2, 0.25) is 0 Å². The number of hydrogen-bond acceptors (Lipinski definition) is 6. The molecule has 4 unspecified atom stereocenters. The van der Waals surface area contributed by atoms with Crippen LogP contribution in [0.1, 0.15) is 37.1 Å². The summed E-state index contributed by atoms with van der Waals surface area (Å²) in [6.07, 6.45) is 5.46. The first-order valence-corrected chi connectivity index (χ1v) is 14.6. The SMILES string of the molecule is CC(C)CC(NC(=O)C(N)Cc1cnc[nH]1)C(=O)NC(Cc1c[nH]c2ccccc12)C(=O)NC(Cc1ccccc1)C(=O)O. The van der Waals surface area contributed by atoms with Gasteiger partial charge in [-0.25, -0.2) is 9.78 Å². The first-order valence-electron chi connectivity index (χ1n) is 14.6. The Kier molecular flexibility index (Phi) is 10.9. The number of carboxylic acids is 1. The summed E-state index contributed by atoms with van der Waals surface area (Å²) in [5.41, 5.74) is 9.15. The van der Waals surface area contributed by atoms with Crippen molar-refractivity contribution in [1.82, 2.24) is 30.9 Å². The number of nitrogens with zero attached hydrogens (tertiary/aromatic N) is 1. The van der Waals surface area contributed by atoms with Gasteiger partial charge in [-0.1, -0.05) is 62.4 Å². The molecule has 0 spiro atoms. The fraction of sp³-hybridized carbons (Fsp3) is 0.344. The van der Waals surface area contributed by atoms with Crippen molar-refractivity contribution in [3.8, 4) is 0 Å². The minimum absolute atomic E-state index is 0.0260. The maximum Gasteiger partial charge on any atom is 0.326 e. The molecule has 0 fully saturated rings. The van der Waals surface area contributed by atoms with Gasteiger partial charge >= 0.3 is 5.97 Å². The number of rotatable bonds is 15. The molecule has 12 heteroatoms. The molecule has 0 saturated heterocycles. The molecule has 0 aliphatic rings. The van der Waals surface area contributed by atoms with Gasteiger partial charge in [-0.15, -0.1) is 0 Å². The van der Waals surface area contributed by atoms with Crippen molar-refractivity contribution < 1.29 is 24.3 Å². The molecule has 0 radical (unpaired) electrons. The van der Waals surface area contributed by atoms with Crippen molar-refractivity contribution in [3.05, 3.63) is 90.1 Å². The molecular weight excluding hydrogens is 562 g/mol. The Morgan fingerprint density at radius 2 is 1.48 bits per heavy atom. The normalized spacial score (nSPS) is 14.0. The molecule has 4 atom stereocenters. The molecule has 0 bridgehead atoms. The van der Waals surface area contributed by atoms with Crippen LogP contribution in [0.25, 0.3) is 10.9 Å². The Balaban J connectivity index is 1.54. The summed E-state index contributed by atoms with van der Waals surface area (Å²) in [5, 5.41) is 18.9. The van der Waals surface area contributed by atoms with E-state index < -0.39 is 47.9 Å². The first-order chi connectivity index (χ1) is 21.1. The number of hydrogen-bond donors (Lipinski definition) is 7. The molecule has 2 heterocycles. The van der Waals surface area contributed by atoms with E-state index in [4.69, 9.17) is 5.73 Å². The molecule has 44 heavy (non-hydrogen) atoms. The van der Waals surface area contributed by atoms with E-state index in [-0.39, 0.29) is 25.2 Å². The number of aromatic nitrogens is 3. The van der Waals surface area contributed by atoms with Gasteiger partial charge in [-0.3, -0.25) is 14.4 Å². The van der Waals surface area contributed by atoms with Crippen molar-refractivity contribution in [3.63, 3.8) is 0 Å². The number of amides is 3. The predicted octanol–water partition coefficient (Wildman–Crippen LogP) is 1.83. The maximum atomic E-state index is 13.7. The number of carbonyl (C=O) groups excluding carboxylic acids is 3. The van der Waals surface area contributed by atoms with E-state index in [1.807, 2.05) is 44.2 Å². The van der Waals surface area contributed by atoms with Crippen LogP contribution in [0.3, 0.4) is 0 Å². The number of aliphatic carboxylic acids is 1. The molecule has 0 saturated carbocycles. The third-order valence-corrected chi connectivity index (χ3v) is 7.30. The number of nitrogens with one attached hydrogen (secondary N) is 5. The summed E-state index contributed by atoms with van der Waals surface area (Å²) in [5.74, 6) is -2.92. The summed E-state index contributed by atoms with van der Waals surface area (Å²) in [6.45, 7) is 3.82. The van der Waals surface area contributed by atoms with Crippen LogP contribution in [-0.4, -0.2) is 67.9 Å². The average molecular weight is 602 g/mol. The van der Waals surface area contributed by atoms with Crippen LogP contribution in [0.4, 0.5) is 0 Å². The van der Waals surface area contributed by atoms with Crippen molar-refractivity contribution in [2.24, 2.45) is 11.7 Å². The van der Waals surface area contributed by atoms with E-state index >= 15 is 0 Å². The molecule has 3 amide bonds. The lowest BCUT2D eigenvalue weighted by Gasteiger charge is -2.26. The van der Waals surface area contributed by atoms with E-state index in [2.05, 4.69) is 30.9 Å². The van der Waals surface area contributed by atoms with Gasteiger partial charge in [-0.2, -0.15) is 0 Å². The molecule has 0 aliphatic carbocycles. The van der Waals surface area contributed by atoms with Crippen LogP contribution in [-0.2, 0) is 38.4 Å². The summed E-state index contributed by atoms with van der Waals surface area (Å²) < 4.78 is 0. The highest BCUT2D eigenvalue weighted by Crippen LogP contribution is 2.20. The Morgan fingerprint density at radius 3 is 2.16 bits per heavy atom. The van der Waals surface area contributed by atoms with Crippen LogP contribution < -0.4 is 21.7 Å². The lowest BCUT2D eigenvalue weighted by Crippen LogP contribution is -2.58. The minimum Gasteiger partial charge on any atom is -0.480 e. The second-order valence-electron chi connectivity index (χ2n) is 11.3. The topological polar surface area (TPSA) is 195 Å². The molecule has 12 nitrogen and oxygen atoms in total. The summed E-state index contributed by atoms with van der Waals surface area (Å²) >= 11 is 0. The molecule has 2 aromatic carbocycles. The number of carboxylic acid groups (broad SMARTS) is 1. The van der Waals surface area contributed by atoms with Crippen LogP contribution >= 0.6 is 0 Å². The van der Waals surface area contributed by atoms with Gasteiger partial charge in [0.15, 0.2) is 0 Å². The molecule has 0 aliphatic heterocycles. The second-order valence-corrected chi connectivity index (χ2v) is 11.3. The maximum absolute atomic E-state index is 13.7. The average Bonchev–Trinajstić information content (AvgIpc) is 3.66. The third-order valence-electron chi connectivity index (χ3n) is 7.30. The quantitative estimate of drug-likeness (QED) is 0.108. The number of carbonyl (C=O) groups is 4. The smallest absolute Gasteiger partial charge is 0.326 e. The van der Waals surface area contributed by atoms with E-state index in [0.717, 1.165) is 22.0 Å². The summed E-state index contributed by atoms with van der Waals surface area (Å²) in [6, 6.07) is 12.2. The van der Waals surface area contributed by atoms with Gasteiger partial charge < -0.3 is 36.8 Å². The fourth-order valence-electron chi connectivity index (χ4n) is 5.03. The monoisotopic (exact) mass is 601 g/mol. The van der Waals surface area contributed by atoms with Gasteiger partial charge in [0.05, 0.1) is 12.4 Å². The molecular formula is C32H39N7O5. The Hall–Kier alpha value is -4.97. The lowest BCUT2D eigenvalue weighted by molar-refractivity contribution is -0.142. The van der Waals surface area contributed by atoms with E-state index in [1.54, 1.807) is 36.7 Å². The molecule has 8 N–H and O–H groups in total. The highest BCUT2D eigenvalue weighted by molar-refractivity contribution is 5.95. The minimum atomic E-state index is -1.22.